The highest BCUT2D eigenvalue weighted by molar-refractivity contribution is 5.75. The van der Waals surface area contributed by atoms with Gasteiger partial charge >= 0.3 is 11.9 Å². The standard InChI is InChI=1S/C38H60N4O24/c1-11(33(53)54)58-31-23(41-15(5)48)35-57-10-20(63-35)30(31)66-37-22(40-14(4)47)27(52)28(18(8-44)61-37)64-38-24(42-16(6)49)32(59-12(2)34(55)56)29(19(9-45)62-38)65-36-21(39-13(3)46)26(51)25(50)17(7-43)60-36/h11-12,17-32,35-38,43-45,50-52H,7-10H2,1-6H3,(H,39,46)(H,40,47)(H,41,48)(H,42,49)(H,53,54)(H,55,56)/t11-,12-,17-,18-,19-,20+,21-,22-,23-,24-,25-,26-,27-,28-,29-,30-,31-,32-,35?,36+,37+,38+/m1/s1. The summed E-state index contributed by atoms with van der Waals surface area (Å²) in [5.41, 5.74) is 0. The molecule has 12 N–H and O–H groups in total. The molecule has 2 bridgehead atoms. The van der Waals surface area contributed by atoms with Gasteiger partial charge in [-0.25, -0.2) is 9.59 Å². The second-order valence-corrected chi connectivity index (χ2v) is 16.4. The van der Waals surface area contributed by atoms with Gasteiger partial charge in [0.2, 0.25) is 23.6 Å². The Labute approximate surface area is 376 Å². The maximum Gasteiger partial charge on any atom is 0.332 e. The largest absolute Gasteiger partial charge is 0.479 e. The molecular weight excluding hydrogens is 896 g/mol. The fourth-order valence-corrected chi connectivity index (χ4v) is 8.34. The SMILES string of the molecule is CC(=O)N[C@H]1[C@H](O[C@H]2[C@H](O[C@H](C)C(=O)O)[C@@H](NC(C)=O)C3OC[C@@H]2O3)O[C@H](CO)[C@@H](O[C@@H]2O[C@H](CO)[C@@H](O[C@@H]3O[C@H](CO)[C@@H](O)[C@H](O)[C@H]3NC(C)=O)[C@H](O[C@H](C)C(=O)O)[C@H]2NC(C)=O)[C@@H]1O. The summed E-state index contributed by atoms with van der Waals surface area (Å²) in [4.78, 5) is 74.1. The van der Waals surface area contributed by atoms with Gasteiger partial charge in [0.25, 0.3) is 0 Å². The van der Waals surface area contributed by atoms with E-state index in [1.54, 1.807) is 0 Å². The van der Waals surface area contributed by atoms with Crippen LogP contribution in [0.3, 0.4) is 0 Å². The second kappa shape index (κ2) is 23.0. The van der Waals surface area contributed by atoms with E-state index in [0.29, 0.717) is 0 Å². The van der Waals surface area contributed by atoms with Crippen molar-refractivity contribution in [1.29, 1.82) is 0 Å². The van der Waals surface area contributed by atoms with Crippen molar-refractivity contribution in [3.05, 3.63) is 0 Å². The molecule has 5 heterocycles. The third kappa shape index (κ3) is 12.2. The van der Waals surface area contributed by atoms with Gasteiger partial charge in [0.15, 0.2) is 37.4 Å². The van der Waals surface area contributed by atoms with Gasteiger partial charge in [-0.2, -0.15) is 0 Å². The molecule has 0 spiro atoms. The summed E-state index contributed by atoms with van der Waals surface area (Å²) < 4.78 is 60.1. The number of aliphatic hydroxyl groups is 6. The van der Waals surface area contributed by atoms with Crippen LogP contribution in [0.5, 0.6) is 0 Å². The highest BCUT2D eigenvalue weighted by atomic mass is 16.8. The molecule has 0 aromatic rings. The number of carboxylic acids is 2. The van der Waals surface area contributed by atoms with Gasteiger partial charge in [0.1, 0.15) is 97.4 Å². The van der Waals surface area contributed by atoms with E-state index in [-0.39, 0.29) is 6.61 Å². The Kier molecular flexibility index (Phi) is 18.5. The van der Waals surface area contributed by atoms with Gasteiger partial charge < -0.3 is 109 Å². The first kappa shape index (κ1) is 53.1. The minimum atomic E-state index is -1.93. The Balaban J connectivity index is 1.49. The fraction of sp³-hybridized carbons (Fsp3) is 0.842. The average molecular weight is 957 g/mol. The molecule has 376 valence electrons. The molecule has 28 nitrogen and oxygen atoms in total. The van der Waals surface area contributed by atoms with E-state index in [1.807, 2.05) is 0 Å². The molecule has 5 aliphatic heterocycles. The second-order valence-electron chi connectivity index (χ2n) is 16.4. The van der Waals surface area contributed by atoms with Crippen LogP contribution in [0.1, 0.15) is 41.5 Å². The summed E-state index contributed by atoms with van der Waals surface area (Å²) in [5.74, 6) is -5.69. The Hall–Kier alpha value is -3.82. The summed E-state index contributed by atoms with van der Waals surface area (Å²) in [5, 5.41) is 94.5. The molecule has 5 fully saturated rings. The van der Waals surface area contributed by atoms with E-state index in [4.69, 9.17) is 47.4 Å². The molecule has 5 aliphatic rings. The molecule has 0 saturated carbocycles. The monoisotopic (exact) mass is 956 g/mol. The minimum Gasteiger partial charge on any atom is -0.479 e. The molecule has 0 aromatic carbocycles. The Morgan fingerprint density at radius 2 is 0.909 bits per heavy atom. The Bertz CT molecular complexity index is 1720. The number of hydrogen-bond donors (Lipinski definition) is 12. The molecule has 5 rings (SSSR count). The lowest BCUT2D eigenvalue weighted by Gasteiger charge is -2.51. The van der Waals surface area contributed by atoms with E-state index >= 15 is 0 Å². The average Bonchev–Trinajstić information content (AvgIpc) is 3.69. The number of hydrogen-bond acceptors (Lipinski definition) is 22. The predicted octanol–water partition coefficient (Wildman–Crippen LogP) is -7.13. The van der Waals surface area contributed by atoms with E-state index in [0.717, 1.165) is 27.7 Å². The van der Waals surface area contributed by atoms with Crippen LogP contribution in [0.15, 0.2) is 0 Å². The van der Waals surface area contributed by atoms with Crippen molar-refractivity contribution in [2.24, 2.45) is 0 Å². The molecule has 22 atom stereocenters. The Morgan fingerprint density at radius 1 is 0.515 bits per heavy atom. The lowest BCUT2D eigenvalue weighted by atomic mass is 9.93. The first-order chi connectivity index (χ1) is 31.1. The quantitative estimate of drug-likeness (QED) is 0.0572. The number of fused-ring (bicyclic) bond motifs is 2. The molecule has 28 heteroatoms. The van der Waals surface area contributed by atoms with Crippen molar-refractivity contribution >= 4 is 35.6 Å². The summed E-state index contributed by atoms with van der Waals surface area (Å²) in [6, 6.07) is -5.94. The molecule has 0 aliphatic carbocycles. The van der Waals surface area contributed by atoms with Gasteiger partial charge in [0.05, 0.1) is 26.4 Å². The van der Waals surface area contributed by atoms with Crippen molar-refractivity contribution in [3.63, 3.8) is 0 Å². The van der Waals surface area contributed by atoms with Gasteiger partial charge in [-0.05, 0) is 13.8 Å². The molecule has 0 radical (unpaired) electrons. The van der Waals surface area contributed by atoms with Crippen LogP contribution in [0.2, 0.25) is 0 Å². The molecule has 66 heavy (non-hydrogen) atoms. The first-order valence-electron chi connectivity index (χ1n) is 21.0. The third-order valence-electron chi connectivity index (χ3n) is 11.4. The minimum absolute atomic E-state index is 0.142. The molecule has 4 amide bonds. The van der Waals surface area contributed by atoms with Gasteiger partial charge in [-0.1, -0.05) is 0 Å². The van der Waals surface area contributed by atoms with Crippen molar-refractivity contribution in [3.8, 4) is 0 Å². The van der Waals surface area contributed by atoms with Crippen LogP contribution in [0, 0.1) is 0 Å². The molecular formula is C38H60N4O24. The van der Waals surface area contributed by atoms with Crippen molar-refractivity contribution in [1.82, 2.24) is 21.3 Å². The smallest absolute Gasteiger partial charge is 0.332 e. The van der Waals surface area contributed by atoms with Crippen LogP contribution in [0.4, 0.5) is 0 Å². The van der Waals surface area contributed by atoms with Crippen LogP contribution in [0.25, 0.3) is 0 Å². The van der Waals surface area contributed by atoms with Gasteiger partial charge in [-0.15, -0.1) is 0 Å². The number of ether oxygens (including phenoxy) is 10. The van der Waals surface area contributed by atoms with Crippen molar-refractivity contribution in [2.75, 3.05) is 26.4 Å². The number of aliphatic carboxylic acids is 2. The highest BCUT2D eigenvalue weighted by Gasteiger charge is 2.59. The summed E-state index contributed by atoms with van der Waals surface area (Å²) >= 11 is 0. The third-order valence-corrected chi connectivity index (χ3v) is 11.4. The summed E-state index contributed by atoms with van der Waals surface area (Å²) in [7, 11) is 0. The first-order valence-corrected chi connectivity index (χ1v) is 21.0. The normalized spacial score (nSPS) is 40.9. The topological polar surface area (TPSA) is 405 Å². The fourth-order valence-electron chi connectivity index (χ4n) is 8.34. The lowest BCUT2D eigenvalue weighted by molar-refractivity contribution is -0.362. The lowest BCUT2D eigenvalue weighted by Crippen LogP contribution is -2.72. The zero-order valence-electron chi connectivity index (χ0n) is 36.6. The van der Waals surface area contributed by atoms with Gasteiger partial charge in [-0.3, -0.25) is 19.2 Å². The van der Waals surface area contributed by atoms with Crippen LogP contribution in [-0.4, -0.2) is 238 Å². The van der Waals surface area contributed by atoms with Crippen LogP contribution < -0.4 is 21.3 Å². The van der Waals surface area contributed by atoms with Crippen molar-refractivity contribution in [2.45, 2.75) is 176 Å². The van der Waals surface area contributed by atoms with E-state index < -0.39 is 190 Å². The van der Waals surface area contributed by atoms with Crippen LogP contribution in [-0.2, 0) is 76.1 Å². The summed E-state index contributed by atoms with van der Waals surface area (Å²) in [6.45, 7) is 3.87. The maximum atomic E-state index is 12.8. The molecule has 1 unspecified atom stereocenters. The van der Waals surface area contributed by atoms with E-state index in [9.17, 15) is 69.6 Å². The number of carbonyl (C=O) groups excluding carboxylic acids is 4. The molecule has 5 saturated heterocycles. The number of amides is 4. The van der Waals surface area contributed by atoms with Crippen molar-refractivity contribution < 1.29 is 117 Å². The highest BCUT2D eigenvalue weighted by Crippen LogP contribution is 2.38. The zero-order chi connectivity index (χ0) is 48.9. The Morgan fingerprint density at radius 3 is 1.39 bits per heavy atom. The maximum absolute atomic E-state index is 12.8. The zero-order valence-corrected chi connectivity index (χ0v) is 36.6. The van der Waals surface area contributed by atoms with Crippen LogP contribution >= 0.6 is 0 Å². The number of aliphatic hydroxyl groups excluding tert-OH is 6. The molecule has 0 aromatic heterocycles. The van der Waals surface area contributed by atoms with E-state index in [1.165, 1.54) is 13.8 Å². The number of carbonyl (C=O) groups is 6. The van der Waals surface area contributed by atoms with E-state index in [2.05, 4.69) is 21.3 Å². The number of nitrogens with one attached hydrogen (secondary N) is 4. The number of rotatable bonds is 19. The predicted molar refractivity (Wildman–Crippen MR) is 209 cm³/mol. The van der Waals surface area contributed by atoms with Gasteiger partial charge in [0, 0.05) is 27.7 Å². The summed E-state index contributed by atoms with van der Waals surface area (Å²) in [6.07, 6.45) is -28.6. The number of carboxylic acid groups (broad SMARTS) is 2.